The number of unbranched alkanes of at least 4 members (excludes halogenated alkanes) is 9. The van der Waals surface area contributed by atoms with Crippen LogP contribution in [0.5, 0.6) is 0 Å². The standard InChI is InChI=1S/C19H37NO4/c1-2-3-4-5-6-7-8-9-10-13-17(19(23)24)14-11-12-15-20-16-18(21)22/h17,20H,2-16H2,1H3,(H,21,22)(H,23,24). The molecule has 5 nitrogen and oxygen atoms in total. The molecular weight excluding hydrogens is 306 g/mol. The van der Waals surface area contributed by atoms with Gasteiger partial charge in [0.05, 0.1) is 12.5 Å². The normalized spacial score (nSPS) is 12.2. The predicted molar refractivity (Wildman–Crippen MR) is 97.3 cm³/mol. The molecule has 0 aliphatic carbocycles. The third-order valence-corrected chi connectivity index (χ3v) is 4.44. The number of rotatable bonds is 18. The lowest BCUT2D eigenvalue weighted by Gasteiger charge is -2.12. The summed E-state index contributed by atoms with van der Waals surface area (Å²) in [5.74, 6) is -1.79. The Kier molecular flexibility index (Phi) is 16.0. The molecule has 0 aromatic heterocycles. The quantitative estimate of drug-likeness (QED) is 0.320. The minimum Gasteiger partial charge on any atom is -0.481 e. The first-order chi connectivity index (χ1) is 11.6. The van der Waals surface area contributed by atoms with E-state index in [1.807, 2.05) is 0 Å². The van der Waals surface area contributed by atoms with Gasteiger partial charge in [-0.1, -0.05) is 71.1 Å². The second-order valence-electron chi connectivity index (χ2n) is 6.72. The topological polar surface area (TPSA) is 86.6 Å². The molecule has 0 saturated heterocycles. The Balaban J connectivity index is 3.53. The Labute approximate surface area is 147 Å². The van der Waals surface area contributed by atoms with Gasteiger partial charge in [-0.3, -0.25) is 9.59 Å². The van der Waals surface area contributed by atoms with Crippen LogP contribution < -0.4 is 5.32 Å². The molecule has 0 fully saturated rings. The van der Waals surface area contributed by atoms with Gasteiger partial charge in [-0.25, -0.2) is 0 Å². The van der Waals surface area contributed by atoms with E-state index in [0.29, 0.717) is 13.0 Å². The molecule has 0 rings (SSSR count). The van der Waals surface area contributed by atoms with Gasteiger partial charge in [0, 0.05) is 0 Å². The highest BCUT2D eigenvalue weighted by atomic mass is 16.4. The average Bonchev–Trinajstić information content (AvgIpc) is 2.53. The van der Waals surface area contributed by atoms with Crippen LogP contribution in [0.25, 0.3) is 0 Å². The summed E-state index contributed by atoms with van der Waals surface area (Å²) in [4.78, 5) is 21.6. The Bertz CT molecular complexity index is 320. The van der Waals surface area contributed by atoms with E-state index < -0.39 is 11.9 Å². The molecule has 0 aromatic carbocycles. The van der Waals surface area contributed by atoms with Crippen LogP contribution in [0.1, 0.15) is 90.4 Å². The molecule has 0 saturated carbocycles. The zero-order valence-electron chi connectivity index (χ0n) is 15.4. The van der Waals surface area contributed by atoms with E-state index in [4.69, 9.17) is 5.11 Å². The van der Waals surface area contributed by atoms with E-state index in [1.54, 1.807) is 0 Å². The second kappa shape index (κ2) is 16.7. The van der Waals surface area contributed by atoms with Gasteiger partial charge in [-0.15, -0.1) is 0 Å². The van der Waals surface area contributed by atoms with Crippen LogP contribution in [0.4, 0.5) is 0 Å². The highest BCUT2D eigenvalue weighted by Crippen LogP contribution is 2.18. The maximum absolute atomic E-state index is 11.3. The van der Waals surface area contributed by atoms with Crippen LogP contribution in [-0.2, 0) is 9.59 Å². The number of carboxylic acids is 2. The zero-order chi connectivity index (χ0) is 18.0. The van der Waals surface area contributed by atoms with Crippen LogP contribution in [0.2, 0.25) is 0 Å². The van der Waals surface area contributed by atoms with E-state index in [2.05, 4.69) is 12.2 Å². The first-order valence-corrected chi connectivity index (χ1v) is 9.73. The Morgan fingerprint density at radius 3 is 1.79 bits per heavy atom. The maximum atomic E-state index is 11.3. The van der Waals surface area contributed by atoms with Crippen LogP contribution in [0.3, 0.4) is 0 Å². The highest BCUT2D eigenvalue weighted by molar-refractivity contribution is 5.69. The molecule has 0 amide bonds. The van der Waals surface area contributed by atoms with E-state index in [9.17, 15) is 14.7 Å². The number of nitrogens with one attached hydrogen (secondary N) is 1. The van der Waals surface area contributed by atoms with Crippen molar-refractivity contribution in [3.8, 4) is 0 Å². The predicted octanol–water partition coefficient (Wildman–Crippen LogP) is 4.45. The molecule has 0 aromatic rings. The summed E-state index contributed by atoms with van der Waals surface area (Å²) in [5, 5.41) is 20.6. The molecule has 0 radical (unpaired) electrons. The molecule has 0 aliphatic rings. The lowest BCUT2D eigenvalue weighted by atomic mass is 9.95. The van der Waals surface area contributed by atoms with Crippen molar-refractivity contribution in [2.45, 2.75) is 90.4 Å². The van der Waals surface area contributed by atoms with Crippen molar-refractivity contribution in [3.63, 3.8) is 0 Å². The minimum atomic E-state index is -0.858. The Hall–Kier alpha value is -1.10. The van der Waals surface area contributed by atoms with Crippen molar-refractivity contribution in [3.05, 3.63) is 0 Å². The zero-order valence-corrected chi connectivity index (χ0v) is 15.4. The molecule has 1 atom stereocenters. The third-order valence-electron chi connectivity index (χ3n) is 4.44. The van der Waals surface area contributed by atoms with Gasteiger partial charge in [0.25, 0.3) is 0 Å². The molecule has 0 heterocycles. The second-order valence-corrected chi connectivity index (χ2v) is 6.72. The number of aliphatic carboxylic acids is 2. The number of carbonyl (C=O) groups is 2. The highest BCUT2D eigenvalue weighted by Gasteiger charge is 2.16. The lowest BCUT2D eigenvalue weighted by molar-refractivity contribution is -0.142. The fraction of sp³-hybridized carbons (Fsp3) is 0.895. The van der Waals surface area contributed by atoms with Gasteiger partial charge in [0.2, 0.25) is 0 Å². The van der Waals surface area contributed by atoms with Crippen molar-refractivity contribution in [1.82, 2.24) is 5.32 Å². The third kappa shape index (κ3) is 15.8. The molecule has 0 spiro atoms. The van der Waals surface area contributed by atoms with E-state index in [1.165, 1.54) is 44.9 Å². The maximum Gasteiger partial charge on any atom is 0.317 e. The van der Waals surface area contributed by atoms with Crippen LogP contribution in [0, 0.1) is 5.92 Å². The van der Waals surface area contributed by atoms with Gasteiger partial charge in [0.1, 0.15) is 0 Å². The summed E-state index contributed by atoms with van der Waals surface area (Å²) in [5.41, 5.74) is 0. The Morgan fingerprint density at radius 1 is 0.792 bits per heavy atom. The molecule has 3 N–H and O–H groups in total. The summed E-state index contributed by atoms with van der Waals surface area (Å²) in [6, 6.07) is 0. The van der Waals surface area contributed by atoms with Crippen molar-refractivity contribution in [2.75, 3.05) is 13.1 Å². The molecule has 5 heteroatoms. The molecule has 142 valence electrons. The van der Waals surface area contributed by atoms with Crippen molar-refractivity contribution >= 4 is 11.9 Å². The minimum absolute atomic E-state index is 0.0270. The Morgan fingerprint density at radius 2 is 1.29 bits per heavy atom. The molecular formula is C19H37NO4. The smallest absolute Gasteiger partial charge is 0.317 e. The van der Waals surface area contributed by atoms with Gasteiger partial charge in [0.15, 0.2) is 0 Å². The SMILES string of the molecule is CCCCCCCCCCCC(CCCCNCC(=O)O)C(=O)O. The fourth-order valence-corrected chi connectivity index (χ4v) is 2.93. The van der Waals surface area contributed by atoms with Crippen LogP contribution in [-0.4, -0.2) is 35.2 Å². The first kappa shape index (κ1) is 22.9. The first-order valence-electron chi connectivity index (χ1n) is 9.73. The van der Waals surface area contributed by atoms with E-state index in [0.717, 1.165) is 32.1 Å². The lowest BCUT2D eigenvalue weighted by Crippen LogP contribution is -2.23. The van der Waals surface area contributed by atoms with Gasteiger partial charge in [-0.2, -0.15) is 0 Å². The molecule has 0 bridgehead atoms. The van der Waals surface area contributed by atoms with Gasteiger partial charge >= 0.3 is 11.9 Å². The number of hydrogen-bond donors (Lipinski definition) is 3. The van der Waals surface area contributed by atoms with Crippen molar-refractivity contribution in [1.29, 1.82) is 0 Å². The van der Waals surface area contributed by atoms with Crippen molar-refractivity contribution in [2.24, 2.45) is 5.92 Å². The number of carboxylic acid groups (broad SMARTS) is 2. The van der Waals surface area contributed by atoms with E-state index >= 15 is 0 Å². The van der Waals surface area contributed by atoms with Gasteiger partial charge < -0.3 is 15.5 Å². The summed E-state index contributed by atoms with van der Waals surface area (Å²) in [6.45, 7) is 2.84. The fourth-order valence-electron chi connectivity index (χ4n) is 2.93. The summed E-state index contributed by atoms with van der Waals surface area (Å²) < 4.78 is 0. The largest absolute Gasteiger partial charge is 0.481 e. The molecule has 0 aliphatic heterocycles. The average molecular weight is 344 g/mol. The number of hydrogen-bond acceptors (Lipinski definition) is 3. The van der Waals surface area contributed by atoms with Crippen LogP contribution in [0.15, 0.2) is 0 Å². The van der Waals surface area contributed by atoms with E-state index in [-0.39, 0.29) is 12.5 Å². The molecule has 24 heavy (non-hydrogen) atoms. The van der Waals surface area contributed by atoms with Crippen molar-refractivity contribution < 1.29 is 19.8 Å². The molecule has 1 unspecified atom stereocenters. The summed E-state index contributed by atoms with van der Waals surface area (Å²) >= 11 is 0. The summed E-state index contributed by atoms with van der Waals surface area (Å²) in [7, 11) is 0. The van der Waals surface area contributed by atoms with Gasteiger partial charge in [-0.05, 0) is 25.8 Å². The van der Waals surface area contributed by atoms with Crippen LogP contribution >= 0.6 is 0 Å². The summed E-state index contributed by atoms with van der Waals surface area (Å²) in [6.07, 6.45) is 14.4. The monoisotopic (exact) mass is 343 g/mol.